The van der Waals surface area contributed by atoms with Gasteiger partial charge < -0.3 is 5.11 Å². The Morgan fingerprint density at radius 2 is 2.00 bits per heavy atom. The Bertz CT molecular complexity index is 609. The van der Waals surface area contributed by atoms with Crippen molar-refractivity contribution in [3.05, 3.63) is 30.0 Å². The average molecular weight is 244 g/mol. The number of carbonyl (C=O) groups is 1. The van der Waals surface area contributed by atoms with E-state index in [1.807, 2.05) is 31.3 Å². The molecule has 1 aromatic carbocycles. The second kappa shape index (κ2) is 3.83. The van der Waals surface area contributed by atoms with Crippen LogP contribution in [0.15, 0.2) is 24.3 Å². The van der Waals surface area contributed by atoms with Gasteiger partial charge in [0.25, 0.3) is 0 Å². The van der Waals surface area contributed by atoms with Crippen molar-refractivity contribution in [2.45, 2.75) is 31.1 Å². The van der Waals surface area contributed by atoms with E-state index in [2.05, 4.69) is 5.10 Å². The Balaban J connectivity index is 2.28. The maximum Gasteiger partial charge on any atom is 0.315 e. The van der Waals surface area contributed by atoms with Gasteiger partial charge in [-0.25, -0.2) is 0 Å². The van der Waals surface area contributed by atoms with Gasteiger partial charge in [-0.15, -0.1) is 0 Å². The highest BCUT2D eigenvalue weighted by molar-refractivity contribution is 5.91. The van der Waals surface area contributed by atoms with Crippen LogP contribution in [0.1, 0.15) is 31.4 Å². The Labute approximate surface area is 105 Å². The van der Waals surface area contributed by atoms with Crippen LogP contribution >= 0.6 is 0 Å². The summed E-state index contributed by atoms with van der Waals surface area (Å²) in [6.45, 7) is 0. The summed E-state index contributed by atoms with van der Waals surface area (Å²) in [6.07, 6.45) is 3.33. The first-order chi connectivity index (χ1) is 8.65. The third-order valence-corrected chi connectivity index (χ3v) is 4.08. The van der Waals surface area contributed by atoms with E-state index in [0.717, 1.165) is 29.4 Å². The molecule has 1 heterocycles. The number of aliphatic carboxylic acids is 1. The predicted octanol–water partition coefficient (Wildman–Crippen LogP) is 2.47. The van der Waals surface area contributed by atoms with E-state index in [1.165, 1.54) is 0 Å². The van der Waals surface area contributed by atoms with Crippen molar-refractivity contribution >= 4 is 16.9 Å². The normalized spacial score (nSPS) is 18.3. The van der Waals surface area contributed by atoms with Crippen molar-refractivity contribution in [3.63, 3.8) is 0 Å². The average Bonchev–Trinajstić information content (AvgIpc) is 2.96. The zero-order valence-electron chi connectivity index (χ0n) is 10.4. The molecular formula is C14H16N2O2. The van der Waals surface area contributed by atoms with Crippen LogP contribution in [0.25, 0.3) is 10.9 Å². The van der Waals surface area contributed by atoms with Gasteiger partial charge in [0, 0.05) is 12.4 Å². The van der Waals surface area contributed by atoms with Gasteiger partial charge in [-0.3, -0.25) is 9.48 Å². The quantitative estimate of drug-likeness (QED) is 0.882. The minimum absolute atomic E-state index is 0.698. The minimum Gasteiger partial charge on any atom is -0.481 e. The van der Waals surface area contributed by atoms with Gasteiger partial charge in [0.15, 0.2) is 0 Å². The highest BCUT2D eigenvalue weighted by atomic mass is 16.4. The molecule has 0 aliphatic heterocycles. The van der Waals surface area contributed by atoms with Crippen molar-refractivity contribution in [1.82, 2.24) is 9.78 Å². The first-order valence-electron chi connectivity index (χ1n) is 6.31. The van der Waals surface area contributed by atoms with E-state index in [-0.39, 0.29) is 0 Å². The zero-order chi connectivity index (χ0) is 12.8. The highest BCUT2D eigenvalue weighted by Crippen LogP contribution is 2.43. The lowest BCUT2D eigenvalue weighted by Gasteiger charge is -2.21. The lowest BCUT2D eigenvalue weighted by molar-refractivity contribution is -0.143. The molecule has 1 saturated carbocycles. The molecule has 2 aromatic rings. The molecule has 0 amide bonds. The lowest BCUT2D eigenvalue weighted by Crippen LogP contribution is -2.33. The molecule has 0 atom stereocenters. The van der Waals surface area contributed by atoms with Crippen molar-refractivity contribution in [1.29, 1.82) is 0 Å². The van der Waals surface area contributed by atoms with E-state index >= 15 is 0 Å². The number of rotatable bonds is 2. The third kappa shape index (κ3) is 1.38. The van der Waals surface area contributed by atoms with E-state index in [9.17, 15) is 9.90 Å². The summed E-state index contributed by atoms with van der Waals surface area (Å²) in [4.78, 5) is 11.7. The van der Waals surface area contributed by atoms with Crippen LogP contribution in [0.3, 0.4) is 0 Å². The number of carboxylic acids is 1. The summed E-state index contributed by atoms with van der Waals surface area (Å²) >= 11 is 0. The molecular weight excluding hydrogens is 228 g/mol. The Morgan fingerprint density at radius 1 is 1.33 bits per heavy atom. The van der Waals surface area contributed by atoms with Crippen LogP contribution in [0.4, 0.5) is 0 Å². The van der Waals surface area contributed by atoms with Gasteiger partial charge in [-0.2, -0.15) is 5.10 Å². The van der Waals surface area contributed by atoms with E-state index in [1.54, 1.807) is 4.68 Å². The van der Waals surface area contributed by atoms with Gasteiger partial charge in [-0.1, -0.05) is 31.0 Å². The largest absolute Gasteiger partial charge is 0.481 e. The standard InChI is InChI=1S/C14H16N2O2/c1-16-11-7-3-2-6-10(11)12(15-16)14(13(17)18)8-4-5-9-14/h2-3,6-7H,4-5,8-9H2,1H3,(H,17,18). The number of aryl methyl sites for hydroxylation is 1. The van der Waals surface area contributed by atoms with Gasteiger partial charge in [-0.05, 0) is 18.9 Å². The van der Waals surface area contributed by atoms with Gasteiger partial charge >= 0.3 is 5.97 Å². The number of nitrogens with zero attached hydrogens (tertiary/aromatic N) is 2. The van der Waals surface area contributed by atoms with Crippen LogP contribution in [0, 0.1) is 0 Å². The van der Waals surface area contributed by atoms with Crippen LogP contribution in [0.2, 0.25) is 0 Å². The number of benzene rings is 1. The number of hydrogen-bond donors (Lipinski definition) is 1. The molecule has 1 aromatic heterocycles. The smallest absolute Gasteiger partial charge is 0.315 e. The molecule has 1 aliphatic carbocycles. The SMILES string of the molecule is Cn1nc(C2(C(=O)O)CCCC2)c2ccccc21. The van der Waals surface area contributed by atoms with Crippen LogP contribution in [-0.4, -0.2) is 20.9 Å². The number of hydrogen-bond acceptors (Lipinski definition) is 2. The number of aromatic nitrogens is 2. The number of carboxylic acid groups (broad SMARTS) is 1. The molecule has 0 unspecified atom stereocenters. The first kappa shape index (κ1) is 11.3. The van der Waals surface area contributed by atoms with E-state index in [4.69, 9.17) is 0 Å². The van der Waals surface area contributed by atoms with Crippen molar-refractivity contribution in [2.24, 2.45) is 7.05 Å². The van der Waals surface area contributed by atoms with Gasteiger partial charge in [0.05, 0.1) is 11.2 Å². The van der Waals surface area contributed by atoms with Crippen LogP contribution in [0.5, 0.6) is 0 Å². The fraction of sp³-hybridized carbons (Fsp3) is 0.429. The summed E-state index contributed by atoms with van der Waals surface area (Å²) in [5.41, 5.74) is 0.964. The molecule has 0 bridgehead atoms. The number of para-hydroxylation sites is 1. The van der Waals surface area contributed by atoms with Crippen LogP contribution < -0.4 is 0 Å². The Kier molecular flexibility index (Phi) is 2.40. The zero-order valence-corrected chi connectivity index (χ0v) is 10.4. The van der Waals surface area contributed by atoms with Crippen molar-refractivity contribution in [2.75, 3.05) is 0 Å². The van der Waals surface area contributed by atoms with Crippen molar-refractivity contribution in [3.8, 4) is 0 Å². The molecule has 4 nitrogen and oxygen atoms in total. The minimum atomic E-state index is -0.777. The fourth-order valence-corrected chi connectivity index (χ4v) is 3.10. The molecule has 0 spiro atoms. The monoisotopic (exact) mass is 244 g/mol. The topological polar surface area (TPSA) is 55.1 Å². The summed E-state index contributed by atoms with van der Waals surface area (Å²) in [5, 5.41) is 15.1. The molecule has 94 valence electrons. The lowest BCUT2D eigenvalue weighted by atomic mass is 9.81. The maximum absolute atomic E-state index is 11.7. The second-order valence-corrected chi connectivity index (χ2v) is 5.08. The molecule has 4 heteroatoms. The highest BCUT2D eigenvalue weighted by Gasteiger charge is 2.46. The number of fused-ring (bicyclic) bond motifs is 1. The van der Waals surface area contributed by atoms with Gasteiger partial charge in [0.2, 0.25) is 0 Å². The van der Waals surface area contributed by atoms with E-state index < -0.39 is 11.4 Å². The molecule has 1 N–H and O–H groups in total. The molecule has 0 saturated heterocycles. The third-order valence-electron chi connectivity index (χ3n) is 4.08. The van der Waals surface area contributed by atoms with Crippen molar-refractivity contribution < 1.29 is 9.90 Å². The first-order valence-corrected chi connectivity index (χ1v) is 6.31. The summed E-state index contributed by atoms with van der Waals surface area (Å²) in [5.74, 6) is -0.733. The maximum atomic E-state index is 11.7. The second-order valence-electron chi connectivity index (χ2n) is 5.08. The summed E-state index contributed by atoms with van der Waals surface area (Å²) in [7, 11) is 1.87. The molecule has 1 aliphatic rings. The van der Waals surface area contributed by atoms with Gasteiger partial charge in [0.1, 0.15) is 5.41 Å². The molecule has 3 rings (SSSR count). The summed E-state index contributed by atoms with van der Waals surface area (Å²) in [6, 6.07) is 7.85. The van der Waals surface area contributed by atoms with E-state index in [0.29, 0.717) is 12.8 Å². The molecule has 0 radical (unpaired) electrons. The summed E-state index contributed by atoms with van der Waals surface area (Å²) < 4.78 is 1.79. The predicted molar refractivity (Wildman–Crippen MR) is 68.5 cm³/mol. The van der Waals surface area contributed by atoms with Crippen LogP contribution in [-0.2, 0) is 17.3 Å². The molecule has 1 fully saturated rings. The Morgan fingerprint density at radius 3 is 2.67 bits per heavy atom. The Hall–Kier alpha value is -1.84. The fourth-order valence-electron chi connectivity index (χ4n) is 3.10. The molecule has 18 heavy (non-hydrogen) atoms.